The van der Waals surface area contributed by atoms with Gasteiger partial charge in [-0.05, 0) is 42.8 Å². The van der Waals surface area contributed by atoms with Crippen molar-refractivity contribution in [2.45, 2.75) is 32.4 Å². The Hall–Kier alpha value is -1.30. The van der Waals surface area contributed by atoms with E-state index < -0.39 is 5.60 Å². The van der Waals surface area contributed by atoms with Crippen LogP contribution in [0.5, 0.6) is 0 Å². The molecule has 0 atom stereocenters. The Balaban J connectivity index is 1.79. The minimum absolute atomic E-state index is 0.252. The molecule has 1 saturated heterocycles. The van der Waals surface area contributed by atoms with Crippen LogP contribution in [0.3, 0.4) is 0 Å². The molecule has 1 aliphatic heterocycles. The zero-order valence-electron chi connectivity index (χ0n) is 11.3. The Morgan fingerprint density at radius 3 is 2.74 bits per heavy atom. The van der Waals surface area contributed by atoms with Crippen LogP contribution in [0, 0.1) is 0 Å². The van der Waals surface area contributed by atoms with Crippen molar-refractivity contribution < 1.29 is 9.53 Å². The van der Waals surface area contributed by atoms with E-state index in [0.29, 0.717) is 13.1 Å². The van der Waals surface area contributed by atoms with Crippen molar-refractivity contribution >= 4 is 27.7 Å². The SMILES string of the molecule is CC(C)(C)OC(=O)N1CC(Nc2cncc(Br)c2)C1. The first-order valence-corrected chi connectivity index (χ1v) is 6.98. The smallest absolute Gasteiger partial charge is 0.410 e. The Morgan fingerprint density at radius 1 is 1.47 bits per heavy atom. The summed E-state index contributed by atoms with van der Waals surface area (Å²) in [5.74, 6) is 0. The summed E-state index contributed by atoms with van der Waals surface area (Å²) in [4.78, 5) is 17.5. The molecular weight excluding hydrogens is 310 g/mol. The molecule has 0 unspecified atom stereocenters. The van der Waals surface area contributed by atoms with Crippen molar-refractivity contribution in [1.82, 2.24) is 9.88 Å². The van der Waals surface area contributed by atoms with Gasteiger partial charge in [0.2, 0.25) is 0 Å². The quantitative estimate of drug-likeness (QED) is 0.907. The zero-order chi connectivity index (χ0) is 14.0. The maximum absolute atomic E-state index is 11.7. The first kappa shape index (κ1) is 14.1. The monoisotopic (exact) mass is 327 g/mol. The van der Waals surface area contributed by atoms with Gasteiger partial charge in [-0.25, -0.2) is 4.79 Å². The molecule has 0 bridgehead atoms. The topological polar surface area (TPSA) is 54.5 Å². The van der Waals surface area contributed by atoms with E-state index in [1.807, 2.05) is 26.8 Å². The summed E-state index contributed by atoms with van der Waals surface area (Å²) >= 11 is 3.37. The maximum Gasteiger partial charge on any atom is 0.410 e. The second-order valence-corrected chi connectivity index (χ2v) is 6.53. The fraction of sp³-hybridized carbons (Fsp3) is 0.538. The van der Waals surface area contributed by atoms with Crippen LogP contribution in [-0.4, -0.2) is 40.7 Å². The molecule has 1 aliphatic rings. The molecule has 19 heavy (non-hydrogen) atoms. The number of ether oxygens (including phenoxy) is 1. The lowest BCUT2D eigenvalue weighted by atomic mass is 10.1. The average molecular weight is 328 g/mol. The molecule has 5 nitrogen and oxygen atoms in total. The number of carbonyl (C=O) groups excluding carboxylic acids is 1. The number of hydrogen-bond donors (Lipinski definition) is 1. The summed E-state index contributed by atoms with van der Waals surface area (Å²) in [6, 6.07) is 2.21. The fourth-order valence-corrected chi connectivity index (χ4v) is 2.14. The molecule has 0 radical (unpaired) electrons. The Labute approximate surface area is 121 Å². The van der Waals surface area contributed by atoms with Gasteiger partial charge in [0.05, 0.1) is 17.9 Å². The van der Waals surface area contributed by atoms with Crippen LogP contribution in [0.15, 0.2) is 22.9 Å². The molecule has 1 aromatic heterocycles. The van der Waals surface area contributed by atoms with Crippen molar-refractivity contribution in [3.8, 4) is 0 Å². The number of halogens is 1. The summed E-state index contributed by atoms with van der Waals surface area (Å²) in [5, 5.41) is 3.32. The van der Waals surface area contributed by atoms with Gasteiger partial charge >= 0.3 is 6.09 Å². The van der Waals surface area contributed by atoms with Crippen LogP contribution in [0.2, 0.25) is 0 Å². The second kappa shape index (κ2) is 5.36. The van der Waals surface area contributed by atoms with Gasteiger partial charge in [0.1, 0.15) is 5.60 Å². The number of nitrogens with zero attached hydrogens (tertiary/aromatic N) is 2. The highest BCUT2D eigenvalue weighted by atomic mass is 79.9. The van der Waals surface area contributed by atoms with Crippen LogP contribution in [-0.2, 0) is 4.74 Å². The zero-order valence-corrected chi connectivity index (χ0v) is 12.9. The van der Waals surface area contributed by atoms with E-state index in [2.05, 4.69) is 26.2 Å². The van der Waals surface area contributed by atoms with E-state index in [4.69, 9.17) is 4.74 Å². The second-order valence-electron chi connectivity index (χ2n) is 5.62. The summed E-state index contributed by atoms with van der Waals surface area (Å²) in [5.41, 5.74) is 0.507. The predicted molar refractivity (Wildman–Crippen MR) is 77.2 cm³/mol. The van der Waals surface area contributed by atoms with E-state index in [1.165, 1.54) is 0 Å². The number of rotatable bonds is 2. The molecule has 0 aromatic carbocycles. The molecule has 0 aliphatic carbocycles. The standard InChI is InChI=1S/C13H18BrN3O2/c1-13(2,3)19-12(18)17-7-11(8-17)16-10-4-9(14)5-15-6-10/h4-6,11,16H,7-8H2,1-3H3. The normalized spacial score (nSPS) is 15.9. The van der Waals surface area contributed by atoms with Gasteiger partial charge in [-0.15, -0.1) is 0 Å². The summed E-state index contributed by atoms with van der Waals surface area (Å²) in [6.45, 7) is 6.91. The van der Waals surface area contributed by atoms with Gasteiger partial charge in [0, 0.05) is 23.8 Å². The lowest BCUT2D eigenvalue weighted by Gasteiger charge is -2.40. The number of hydrogen-bond acceptors (Lipinski definition) is 4. The number of amides is 1. The molecule has 104 valence electrons. The number of nitrogens with one attached hydrogen (secondary N) is 1. The van der Waals surface area contributed by atoms with Crippen LogP contribution in [0.4, 0.5) is 10.5 Å². The van der Waals surface area contributed by atoms with Gasteiger partial charge in [0.25, 0.3) is 0 Å². The highest BCUT2D eigenvalue weighted by molar-refractivity contribution is 9.10. The molecular formula is C13H18BrN3O2. The Bertz CT molecular complexity index is 467. The van der Waals surface area contributed by atoms with Gasteiger partial charge in [-0.1, -0.05) is 0 Å². The molecule has 6 heteroatoms. The molecule has 2 rings (SSSR count). The molecule has 0 spiro atoms. The molecule has 1 fully saturated rings. The van der Waals surface area contributed by atoms with Crippen molar-refractivity contribution in [3.63, 3.8) is 0 Å². The average Bonchev–Trinajstić information content (AvgIpc) is 2.20. The minimum atomic E-state index is -0.441. The Morgan fingerprint density at radius 2 is 2.16 bits per heavy atom. The number of likely N-dealkylation sites (tertiary alicyclic amines) is 1. The van der Waals surface area contributed by atoms with E-state index in [-0.39, 0.29) is 12.1 Å². The molecule has 1 N–H and O–H groups in total. The fourth-order valence-electron chi connectivity index (χ4n) is 1.77. The minimum Gasteiger partial charge on any atom is -0.444 e. The van der Waals surface area contributed by atoms with E-state index in [9.17, 15) is 4.79 Å². The van der Waals surface area contributed by atoms with Crippen LogP contribution >= 0.6 is 15.9 Å². The van der Waals surface area contributed by atoms with Crippen molar-refractivity contribution in [2.24, 2.45) is 0 Å². The highest BCUT2D eigenvalue weighted by Crippen LogP contribution is 2.20. The van der Waals surface area contributed by atoms with Gasteiger partial charge in [-0.2, -0.15) is 0 Å². The summed E-state index contributed by atoms with van der Waals surface area (Å²) < 4.78 is 6.23. The van der Waals surface area contributed by atoms with E-state index in [1.54, 1.807) is 17.3 Å². The lowest BCUT2D eigenvalue weighted by molar-refractivity contribution is 0.0105. The van der Waals surface area contributed by atoms with Crippen molar-refractivity contribution in [1.29, 1.82) is 0 Å². The summed E-state index contributed by atoms with van der Waals surface area (Å²) in [6.07, 6.45) is 3.25. The third kappa shape index (κ3) is 4.09. The molecule has 1 aromatic rings. The van der Waals surface area contributed by atoms with E-state index >= 15 is 0 Å². The Kier molecular flexibility index (Phi) is 3.99. The number of carbonyl (C=O) groups is 1. The van der Waals surface area contributed by atoms with Gasteiger partial charge < -0.3 is 15.0 Å². The maximum atomic E-state index is 11.7. The molecule has 1 amide bonds. The van der Waals surface area contributed by atoms with Gasteiger partial charge in [-0.3, -0.25) is 4.98 Å². The molecule has 2 heterocycles. The van der Waals surface area contributed by atoms with Crippen LogP contribution in [0.25, 0.3) is 0 Å². The van der Waals surface area contributed by atoms with E-state index in [0.717, 1.165) is 10.2 Å². The third-order valence-corrected chi connectivity index (χ3v) is 3.04. The first-order valence-electron chi connectivity index (χ1n) is 6.18. The largest absolute Gasteiger partial charge is 0.444 e. The van der Waals surface area contributed by atoms with Gasteiger partial charge in [0.15, 0.2) is 0 Å². The number of anilines is 1. The summed E-state index contributed by atoms with van der Waals surface area (Å²) in [7, 11) is 0. The molecule has 0 saturated carbocycles. The van der Waals surface area contributed by atoms with Crippen molar-refractivity contribution in [3.05, 3.63) is 22.9 Å². The van der Waals surface area contributed by atoms with Crippen LogP contribution < -0.4 is 5.32 Å². The predicted octanol–water partition coefficient (Wildman–Crippen LogP) is 2.88. The lowest BCUT2D eigenvalue weighted by Crippen LogP contribution is -2.57. The van der Waals surface area contributed by atoms with Crippen LogP contribution in [0.1, 0.15) is 20.8 Å². The third-order valence-electron chi connectivity index (χ3n) is 2.61. The van der Waals surface area contributed by atoms with Crippen molar-refractivity contribution in [2.75, 3.05) is 18.4 Å². The number of pyridine rings is 1. The number of aromatic nitrogens is 1. The first-order chi connectivity index (χ1) is 8.83. The highest BCUT2D eigenvalue weighted by Gasteiger charge is 2.33.